The van der Waals surface area contributed by atoms with Crippen LogP contribution in [0.1, 0.15) is 36.8 Å². The molecule has 194 valence electrons. The van der Waals surface area contributed by atoms with E-state index < -0.39 is 6.29 Å². The molecule has 0 radical (unpaired) electrons. The van der Waals surface area contributed by atoms with Gasteiger partial charge in [-0.1, -0.05) is 83.9 Å². The van der Waals surface area contributed by atoms with Crippen molar-refractivity contribution in [3.63, 3.8) is 0 Å². The van der Waals surface area contributed by atoms with Gasteiger partial charge in [-0.2, -0.15) is 0 Å². The molecule has 4 aromatic carbocycles. The summed E-state index contributed by atoms with van der Waals surface area (Å²) < 4.78 is 11.5. The van der Waals surface area contributed by atoms with Crippen LogP contribution in [0.2, 0.25) is 0 Å². The van der Waals surface area contributed by atoms with Crippen LogP contribution in [0.25, 0.3) is 22.3 Å². The van der Waals surface area contributed by atoms with Crippen LogP contribution in [0.15, 0.2) is 97.1 Å². The Morgan fingerprint density at radius 3 is 1.47 bits per heavy atom. The first kappa shape index (κ1) is 25.7. The highest BCUT2D eigenvalue weighted by Gasteiger charge is 2.32. The van der Waals surface area contributed by atoms with Crippen molar-refractivity contribution in [1.29, 1.82) is 0 Å². The minimum atomic E-state index is -0.897. The first-order chi connectivity index (χ1) is 18.4. The fraction of sp³-hybridized carbons (Fsp3) is 0.265. The van der Waals surface area contributed by atoms with Crippen molar-refractivity contribution in [1.82, 2.24) is 0 Å². The van der Waals surface area contributed by atoms with Gasteiger partial charge < -0.3 is 14.6 Å². The molecule has 0 aliphatic heterocycles. The summed E-state index contributed by atoms with van der Waals surface area (Å²) in [5.41, 5.74) is 6.93. The highest BCUT2D eigenvalue weighted by Crippen LogP contribution is 2.33. The Bertz CT molecular complexity index is 1330. The van der Waals surface area contributed by atoms with E-state index in [1.165, 1.54) is 11.1 Å². The third-order valence-electron chi connectivity index (χ3n) is 7.46. The number of rotatable bonds is 7. The van der Waals surface area contributed by atoms with Crippen molar-refractivity contribution in [3.05, 3.63) is 108 Å². The molecule has 0 spiro atoms. The number of aliphatic hydroxyl groups excluding tert-OH is 1. The van der Waals surface area contributed by atoms with Crippen LogP contribution in [-0.4, -0.2) is 17.4 Å². The Morgan fingerprint density at radius 2 is 1.03 bits per heavy atom. The maximum absolute atomic E-state index is 12.8. The van der Waals surface area contributed by atoms with Gasteiger partial charge in [0.25, 0.3) is 0 Å². The van der Waals surface area contributed by atoms with Gasteiger partial charge in [0.15, 0.2) is 6.29 Å². The highest BCUT2D eigenvalue weighted by molar-refractivity contribution is 5.75. The van der Waals surface area contributed by atoms with Crippen molar-refractivity contribution in [2.24, 2.45) is 11.8 Å². The number of aryl methyl sites for hydroxylation is 2. The van der Waals surface area contributed by atoms with Crippen LogP contribution in [0.3, 0.4) is 0 Å². The Balaban J connectivity index is 1.09. The summed E-state index contributed by atoms with van der Waals surface area (Å²) in [5, 5.41) is 10.7. The van der Waals surface area contributed by atoms with Crippen LogP contribution >= 0.6 is 0 Å². The van der Waals surface area contributed by atoms with Gasteiger partial charge in [-0.05, 0) is 86.1 Å². The van der Waals surface area contributed by atoms with E-state index in [2.05, 4.69) is 62.4 Å². The minimum Gasteiger partial charge on any atom is -0.465 e. The van der Waals surface area contributed by atoms with Crippen molar-refractivity contribution in [3.8, 4) is 33.8 Å². The van der Waals surface area contributed by atoms with Gasteiger partial charge in [0.1, 0.15) is 11.5 Å². The van der Waals surface area contributed by atoms with E-state index in [1.54, 1.807) is 0 Å². The predicted octanol–water partition coefficient (Wildman–Crippen LogP) is 7.75. The Morgan fingerprint density at radius 1 is 0.632 bits per heavy atom. The fourth-order valence-electron chi connectivity index (χ4n) is 5.01. The Hall–Kier alpha value is -3.89. The van der Waals surface area contributed by atoms with Gasteiger partial charge >= 0.3 is 5.97 Å². The number of ether oxygens (including phenoxy) is 2. The molecule has 4 nitrogen and oxygen atoms in total. The van der Waals surface area contributed by atoms with Crippen LogP contribution in [-0.2, 0) is 4.79 Å². The number of esters is 1. The molecule has 1 saturated carbocycles. The van der Waals surface area contributed by atoms with Crippen LogP contribution in [0.4, 0.5) is 0 Å². The summed E-state index contributed by atoms with van der Waals surface area (Å²) in [7, 11) is 0. The summed E-state index contributed by atoms with van der Waals surface area (Å²) in [6.07, 6.45) is 1.89. The molecule has 1 fully saturated rings. The summed E-state index contributed by atoms with van der Waals surface area (Å²) in [5.74, 6) is 0.830. The largest absolute Gasteiger partial charge is 0.465 e. The molecule has 1 aliphatic carbocycles. The Labute approximate surface area is 224 Å². The van der Waals surface area contributed by atoms with E-state index in [-0.39, 0.29) is 17.8 Å². The number of carbonyl (C=O) groups is 1. The molecule has 38 heavy (non-hydrogen) atoms. The van der Waals surface area contributed by atoms with Crippen LogP contribution in [0.5, 0.6) is 11.5 Å². The second kappa shape index (κ2) is 11.7. The lowest BCUT2D eigenvalue weighted by Crippen LogP contribution is -2.33. The normalized spacial score (nSPS) is 18.0. The van der Waals surface area contributed by atoms with Crippen molar-refractivity contribution in [2.75, 3.05) is 0 Å². The van der Waals surface area contributed by atoms with E-state index in [0.29, 0.717) is 24.3 Å². The van der Waals surface area contributed by atoms with Crippen LogP contribution < -0.4 is 9.47 Å². The fourth-order valence-corrected chi connectivity index (χ4v) is 5.01. The predicted molar refractivity (Wildman–Crippen MR) is 151 cm³/mol. The topological polar surface area (TPSA) is 55.8 Å². The molecule has 5 rings (SSSR count). The zero-order valence-electron chi connectivity index (χ0n) is 22.0. The standard InChI is InChI=1S/C34H34O4/c1-23-3-7-25(8-4-23)27-15-19-31(20-16-27)37-33(35)29-11-13-30(14-12-29)34(36)38-32-21-17-28(18-22-32)26-9-5-24(2)6-10-26/h3-10,15-22,29-30,33,35H,11-14H2,1-2H3. The van der Waals surface area contributed by atoms with E-state index in [0.717, 1.165) is 35.1 Å². The molecule has 1 N–H and O–H groups in total. The number of carbonyl (C=O) groups excluding carboxylic acids is 1. The summed E-state index contributed by atoms with van der Waals surface area (Å²) in [4.78, 5) is 12.8. The molecule has 0 aromatic heterocycles. The molecule has 4 heteroatoms. The molecule has 1 atom stereocenters. The van der Waals surface area contributed by atoms with E-state index in [9.17, 15) is 9.90 Å². The average molecular weight is 507 g/mol. The number of hydrogen-bond donors (Lipinski definition) is 1. The van der Waals surface area contributed by atoms with Gasteiger partial charge in [-0.25, -0.2) is 0 Å². The highest BCUT2D eigenvalue weighted by atomic mass is 16.6. The van der Waals surface area contributed by atoms with E-state index in [4.69, 9.17) is 9.47 Å². The number of aliphatic hydroxyl groups is 1. The lowest BCUT2D eigenvalue weighted by molar-refractivity contribution is -0.142. The summed E-state index contributed by atoms with van der Waals surface area (Å²) >= 11 is 0. The molecule has 0 saturated heterocycles. The first-order valence-corrected chi connectivity index (χ1v) is 13.4. The first-order valence-electron chi connectivity index (χ1n) is 13.4. The lowest BCUT2D eigenvalue weighted by Gasteiger charge is -2.30. The second-order valence-corrected chi connectivity index (χ2v) is 10.3. The van der Waals surface area contributed by atoms with Gasteiger partial charge in [0, 0.05) is 5.92 Å². The minimum absolute atomic E-state index is 0.00961. The molecule has 0 amide bonds. The molecule has 0 heterocycles. The monoisotopic (exact) mass is 506 g/mol. The third kappa shape index (κ3) is 6.32. The zero-order chi connectivity index (χ0) is 26.5. The zero-order valence-corrected chi connectivity index (χ0v) is 22.0. The van der Waals surface area contributed by atoms with Gasteiger partial charge in [-0.3, -0.25) is 4.79 Å². The quantitative estimate of drug-likeness (QED) is 0.158. The average Bonchev–Trinajstić information content (AvgIpc) is 2.95. The summed E-state index contributed by atoms with van der Waals surface area (Å²) in [6, 6.07) is 32.2. The third-order valence-corrected chi connectivity index (χ3v) is 7.46. The second-order valence-electron chi connectivity index (χ2n) is 10.3. The molecule has 1 aliphatic rings. The maximum Gasteiger partial charge on any atom is 0.314 e. The van der Waals surface area contributed by atoms with Crippen LogP contribution in [0, 0.1) is 25.7 Å². The van der Waals surface area contributed by atoms with Crippen molar-refractivity contribution in [2.45, 2.75) is 45.8 Å². The smallest absolute Gasteiger partial charge is 0.314 e. The lowest BCUT2D eigenvalue weighted by atomic mass is 9.81. The van der Waals surface area contributed by atoms with E-state index in [1.807, 2.05) is 48.5 Å². The van der Waals surface area contributed by atoms with Crippen molar-refractivity contribution >= 4 is 5.97 Å². The van der Waals surface area contributed by atoms with Gasteiger partial charge in [0.2, 0.25) is 0 Å². The summed E-state index contributed by atoms with van der Waals surface area (Å²) in [6.45, 7) is 4.14. The molecule has 1 unspecified atom stereocenters. The maximum atomic E-state index is 12.8. The Kier molecular flexibility index (Phi) is 7.90. The SMILES string of the molecule is Cc1ccc(-c2ccc(OC(=O)C3CCC(C(O)Oc4ccc(-c5ccc(C)cc5)cc4)CC3)cc2)cc1. The molecule has 0 bridgehead atoms. The molecule has 4 aromatic rings. The van der Waals surface area contributed by atoms with Crippen molar-refractivity contribution < 1.29 is 19.4 Å². The number of hydrogen-bond acceptors (Lipinski definition) is 4. The molecular formula is C34H34O4. The molecular weight excluding hydrogens is 472 g/mol. The number of benzene rings is 4. The van der Waals surface area contributed by atoms with E-state index >= 15 is 0 Å². The van der Waals surface area contributed by atoms with Gasteiger partial charge in [-0.15, -0.1) is 0 Å². The van der Waals surface area contributed by atoms with Gasteiger partial charge in [0.05, 0.1) is 5.92 Å².